The number of rotatable bonds is 4. The number of ether oxygens (including phenoxy) is 1. The molecule has 0 amide bonds. The summed E-state index contributed by atoms with van der Waals surface area (Å²) < 4.78 is 8.35. The first-order valence-corrected chi connectivity index (χ1v) is 5.63. The summed E-state index contributed by atoms with van der Waals surface area (Å²) in [6.45, 7) is 4.10. The van der Waals surface area contributed by atoms with E-state index in [-0.39, 0.29) is 11.6 Å². The van der Waals surface area contributed by atoms with E-state index in [2.05, 4.69) is 26.3 Å². The number of nitrogens with one attached hydrogen (secondary N) is 1. The monoisotopic (exact) mass is 275 g/mol. The average Bonchev–Trinajstić information content (AvgIpc) is 2.50. The SMILES string of the molecule is CNC(c1c(Br)cnn1C)C(C)(C)OC. The van der Waals surface area contributed by atoms with Crippen molar-refractivity contribution in [3.8, 4) is 0 Å². The van der Waals surface area contributed by atoms with E-state index in [4.69, 9.17) is 4.74 Å². The van der Waals surface area contributed by atoms with Gasteiger partial charge in [-0.3, -0.25) is 4.68 Å². The zero-order chi connectivity index (χ0) is 11.6. The lowest BCUT2D eigenvalue weighted by Crippen LogP contribution is -2.40. The van der Waals surface area contributed by atoms with Gasteiger partial charge in [-0.05, 0) is 36.8 Å². The first-order chi connectivity index (χ1) is 6.94. The fraction of sp³-hybridized carbons (Fsp3) is 0.700. The molecule has 0 bridgehead atoms. The third kappa shape index (κ3) is 2.41. The number of nitrogens with zero attached hydrogens (tertiary/aromatic N) is 2. The molecule has 1 unspecified atom stereocenters. The van der Waals surface area contributed by atoms with E-state index in [0.717, 1.165) is 10.2 Å². The first-order valence-electron chi connectivity index (χ1n) is 4.84. The summed E-state index contributed by atoms with van der Waals surface area (Å²) in [5, 5.41) is 7.47. The summed E-state index contributed by atoms with van der Waals surface area (Å²) in [6.07, 6.45) is 1.80. The minimum atomic E-state index is -0.287. The van der Waals surface area contributed by atoms with Gasteiger partial charge in [-0.2, -0.15) is 5.10 Å². The molecule has 1 N–H and O–H groups in total. The van der Waals surface area contributed by atoms with Crippen molar-refractivity contribution in [2.45, 2.75) is 25.5 Å². The van der Waals surface area contributed by atoms with Gasteiger partial charge >= 0.3 is 0 Å². The van der Waals surface area contributed by atoms with Crippen LogP contribution in [-0.4, -0.2) is 29.5 Å². The molecule has 4 nitrogen and oxygen atoms in total. The van der Waals surface area contributed by atoms with E-state index < -0.39 is 0 Å². The predicted molar refractivity (Wildman–Crippen MR) is 63.8 cm³/mol. The Kier molecular flexibility index (Phi) is 3.92. The second-order valence-corrected chi connectivity index (χ2v) is 4.88. The Balaban J connectivity index is 3.13. The van der Waals surface area contributed by atoms with Gasteiger partial charge in [-0.1, -0.05) is 0 Å². The number of aryl methyl sites for hydroxylation is 1. The maximum absolute atomic E-state index is 5.50. The van der Waals surface area contributed by atoms with Gasteiger partial charge in [0.2, 0.25) is 0 Å². The molecule has 0 radical (unpaired) electrons. The van der Waals surface area contributed by atoms with Gasteiger partial charge in [0.15, 0.2) is 0 Å². The fourth-order valence-electron chi connectivity index (χ4n) is 1.68. The molecule has 86 valence electrons. The van der Waals surface area contributed by atoms with Gasteiger partial charge in [0.25, 0.3) is 0 Å². The summed E-state index contributed by atoms with van der Waals surface area (Å²) in [5.41, 5.74) is 0.801. The topological polar surface area (TPSA) is 39.1 Å². The van der Waals surface area contributed by atoms with Gasteiger partial charge in [0.05, 0.1) is 28.0 Å². The van der Waals surface area contributed by atoms with Crippen LogP contribution in [0.25, 0.3) is 0 Å². The lowest BCUT2D eigenvalue weighted by molar-refractivity contribution is -0.0113. The van der Waals surface area contributed by atoms with Gasteiger partial charge in [-0.15, -0.1) is 0 Å². The van der Waals surface area contributed by atoms with Crippen LogP contribution in [0.3, 0.4) is 0 Å². The molecule has 0 aromatic carbocycles. The normalized spacial score (nSPS) is 14.3. The highest BCUT2D eigenvalue weighted by molar-refractivity contribution is 9.10. The molecule has 0 spiro atoms. The third-order valence-corrected chi connectivity index (χ3v) is 3.33. The van der Waals surface area contributed by atoms with Gasteiger partial charge in [-0.25, -0.2) is 0 Å². The molecule has 0 saturated carbocycles. The highest BCUT2D eigenvalue weighted by Gasteiger charge is 2.33. The van der Waals surface area contributed by atoms with Crippen LogP contribution in [0.4, 0.5) is 0 Å². The Hall–Kier alpha value is -0.390. The number of hydrogen-bond acceptors (Lipinski definition) is 3. The van der Waals surface area contributed by atoms with Crippen LogP contribution in [0.15, 0.2) is 10.7 Å². The molecular weight excluding hydrogens is 258 g/mol. The smallest absolute Gasteiger partial charge is 0.0832 e. The number of aromatic nitrogens is 2. The lowest BCUT2D eigenvalue weighted by atomic mass is 9.95. The van der Waals surface area contributed by atoms with Crippen molar-refractivity contribution in [2.24, 2.45) is 7.05 Å². The molecule has 0 fully saturated rings. The number of methoxy groups -OCH3 is 1. The number of halogens is 1. The van der Waals surface area contributed by atoms with E-state index in [1.54, 1.807) is 13.3 Å². The summed E-state index contributed by atoms with van der Waals surface area (Å²) in [7, 11) is 5.57. The first kappa shape index (κ1) is 12.7. The number of hydrogen-bond donors (Lipinski definition) is 1. The molecule has 0 aliphatic carbocycles. The van der Waals surface area contributed by atoms with E-state index in [9.17, 15) is 0 Å². The van der Waals surface area contributed by atoms with Crippen molar-refractivity contribution in [1.82, 2.24) is 15.1 Å². The van der Waals surface area contributed by atoms with Crippen molar-refractivity contribution in [3.63, 3.8) is 0 Å². The molecule has 0 saturated heterocycles. The van der Waals surface area contributed by atoms with Gasteiger partial charge < -0.3 is 10.1 Å². The Labute approximate surface area is 99.1 Å². The molecule has 1 atom stereocenters. The van der Waals surface area contributed by atoms with E-state index >= 15 is 0 Å². The molecule has 1 aromatic rings. The summed E-state index contributed by atoms with van der Waals surface area (Å²) in [5.74, 6) is 0. The van der Waals surface area contributed by atoms with Crippen LogP contribution < -0.4 is 5.32 Å². The Morgan fingerprint density at radius 1 is 1.60 bits per heavy atom. The van der Waals surface area contributed by atoms with Crippen LogP contribution in [0.5, 0.6) is 0 Å². The zero-order valence-corrected chi connectivity index (χ0v) is 11.4. The average molecular weight is 276 g/mol. The zero-order valence-electron chi connectivity index (χ0n) is 9.84. The Morgan fingerprint density at radius 2 is 2.20 bits per heavy atom. The summed E-state index contributed by atoms with van der Waals surface area (Å²) >= 11 is 3.50. The molecule has 0 aliphatic heterocycles. The van der Waals surface area contributed by atoms with Crippen molar-refractivity contribution >= 4 is 15.9 Å². The standard InChI is InChI=1S/C10H18BrN3O/c1-10(2,15-5)9(12-3)8-7(11)6-13-14(8)4/h6,9,12H,1-5H3. The fourth-order valence-corrected chi connectivity index (χ4v) is 2.25. The minimum absolute atomic E-state index is 0.0874. The maximum atomic E-state index is 5.50. The maximum Gasteiger partial charge on any atom is 0.0832 e. The van der Waals surface area contributed by atoms with Crippen molar-refractivity contribution in [1.29, 1.82) is 0 Å². The van der Waals surface area contributed by atoms with Crippen LogP contribution in [0, 0.1) is 0 Å². The molecule has 1 heterocycles. The predicted octanol–water partition coefficient (Wildman–Crippen LogP) is 1.87. The second-order valence-electron chi connectivity index (χ2n) is 4.03. The molecular formula is C10H18BrN3O. The molecule has 1 rings (SSSR count). The third-order valence-electron chi connectivity index (χ3n) is 2.72. The summed E-state index contributed by atoms with van der Waals surface area (Å²) in [6, 6.07) is 0.0874. The minimum Gasteiger partial charge on any atom is -0.377 e. The summed E-state index contributed by atoms with van der Waals surface area (Å²) in [4.78, 5) is 0. The highest BCUT2D eigenvalue weighted by Crippen LogP contribution is 2.32. The molecule has 0 aliphatic rings. The quantitative estimate of drug-likeness (QED) is 0.912. The van der Waals surface area contributed by atoms with Crippen molar-refractivity contribution in [2.75, 3.05) is 14.2 Å². The van der Waals surface area contributed by atoms with E-state index in [1.807, 2.05) is 32.6 Å². The van der Waals surface area contributed by atoms with Crippen LogP contribution in [0.1, 0.15) is 25.6 Å². The lowest BCUT2D eigenvalue weighted by Gasteiger charge is -2.33. The Morgan fingerprint density at radius 3 is 2.53 bits per heavy atom. The Bertz CT molecular complexity index is 316. The second kappa shape index (κ2) is 4.63. The van der Waals surface area contributed by atoms with Crippen molar-refractivity contribution in [3.05, 3.63) is 16.4 Å². The van der Waals surface area contributed by atoms with E-state index in [1.165, 1.54) is 0 Å². The molecule has 1 aromatic heterocycles. The van der Waals surface area contributed by atoms with E-state index in [0.29, 0.717) is 0 Å². The van der Waals surface area contributed by atoms with Gasteiger partial charge in [0, 0.05) is 14.2 Å². The van der Waals surface area contributed by atoms with Crippen molar-refractivity contribution < 1.29 is 4.74 Å². The van der Waals surface area contributed by atoms with Crippen LogP contribution in [0.2, 0.25) is 0 Å². The largest absolute Gasteiger partial charge is 0.377 e. The molecule has 15 heavy (non-hydrogen) atoms. The van der Waals surface area contributed by atoms with Gasteiger partial charge in [0.1, 0.15) is 0 Å². The highest BCUT2D eigenvalue weighted by atomic mass is 79.9. The molecule has 5 heteroatoms. The van der Waals surface area contributed by atoms with Crippen LogP contribution in [-0.2, 0) is 11.8 Å². The number of likely N-dealkylation sites (N-methyl/N-ethyl adjacent to an activating group) is 1. The van der Waals surface area contributed by atoms with Crippen LogP contribution >= 0.6 is 15.9 Å².